The molecule has 1 N–H and O–H groups in total. The van der Waals surface area contributed by atoms with Crippen molar-refractivity contribution >= 4 is 31.7 Å². The summed E-state index contributed by atoms with van der Waals surface area (Å²) in [7, 11) is -4.36. The quantitative estimate of drug-likeness (QED) is 0.506. The molecule has 0 radical (unpaired) electrons. The maximum absolute atomic E-state index is 12.1. The van der Waals surface area contributed by atoms with Gasteiger partial charge in [-0.1, -0.05) is 66.7 Å². The molecule has 0 bridgehead atoms. The monoisotopic (exact) mass is 348 g/mol. The van der Waals surface area contributed by atoms with E-state index >= 15 is 0 Å². The number of hydrogen-bond acceptors (Lipinski definition) is 2. The number of benzene rings is 4. The van der Waals surface area contributed by atoms with E-state index in [1.807, 2.05) is 67.6 Å². The van der Waals surface area contributed by atoms with Crippen molar-refractivity contribution in [3.05, 3.63) is 78.4 Å². The molecule has 4 aromatic rings. The number of hydrogen-bond donors (Lipinski definition) is 1. The zero-order valence-electron chi connectivity index (χ0n) is 13.6. The van der Waals surface area contributed by atoms with Crippen LogP contribution in [0, 0.1) is 6.92 Å². The highest BCUT2D eigenvalue weighted by atomic mass is 32.2. The average molecular weight is 348 g/mol. The molecule has 0 atom stereocenters. The minimum absolute atomic E-state index is 0.0642. The Labute approximate surface area is 146 Å². The zero-order valence-corrected chi connectivity index (χ0v) is 14.4. The minimum atomic E-state index is -4.36. The Morgan fingerprint density at radius 2 is 1.20 bits per heavy atom. The van der Waals surface area contributed by atoms with Gasteiger partial charge < -0.3 is 0 Å². The Bertz CT molecular complexity index is 1220. The summed E-state index contributed by atoms with van der Waals surface area (Å²) in [5, 5.41) is 3.72. The average Bonchev–Trinajstić information content (AvgIpc) is 2.60. The highest BCUT2D eigenvalue weighted by molar-refractivity contribution is 7.86. The van der Waals surface area contributed by atoms with E-state index in [9.17, 15) is 13.0 Å². The van der Waals surface area contributed by atoms with Gasteiger partial charge in [0.1, 0.15) is 4.90 Å². The first kappa shape index (κ1) is 15.8. The van der Waals surface area contributed by atoms with E-state index < -0.39 is 10.1 Å². The van der Waals surface area contributed by atoms with Gasteiger partial charge in [0, 0.05) is 5.56 Å². The molecule has 124 valence electrons. The Balaban J connectivity index is 2.27. The second-order valence-electron chi connectivity index (χ2n) is 6.11. The predicted molar refractivity (Wildman–Crippen MR) is 101 cm³/mol. The molecule has 0 aliphatic rings. The largest absolute Gasteiger partial charge is 0.295 e. The van der Waals surface area contributed by atoms with Crippen LogP contribution in [0.1, 0.15) is 5.56 Å². The van der Waals surface area contributed by atoms with Crippen LogP contribution in [0.3, 0.4) is 0 Å². The van der Waals surface area contributed by atoms with Crippen LogP contribution in [0.5, 0.6) is 0 Å². The summed E-state index contributed by atoms with van der Waals surface area (Å²) in [6.45, 7) is 1.96. The van der Waals surface area contributed by atoms with Gasteiger partial charge >= 0.3 is 0 Å². The van der Waals surface area contributed by atoms with Gasteiger partial charge in [-0.05, 0) is 45.7 Å². The molecule has 0 heterocycles. The molecular weight excluding hydrogens is 332 g/mol. The van der Waals surface area contributed by atoms with Gasteiger partial charge in [0.15, 0.2) is 0 Å². The molecule has 0 amide bonds. The third kappa shape index (κ3) is 2.60. The van der Waals surface area contributed by atoms with Crippen molar-refractivity contribution in [2.45, 2.75) is 11.8 Å². The molecule has 0 aromatic heterocycles. The molecule has 0 spiro atoms. The molecule has 0 saturated carbocycles. The lowest BCUT2D eigenvalue weighted by atomic mass is 9.90. The van der Waals surface area contributed by atoms with E-state index in [1.54, 1.807) is 6.07 Å². The fourth-order valence-corrected chi connectivity index (χ4v) is 4.15. The van der Waals surface area contributed by atoms with E-state index in [2.05, 4.69) is 0 Å². The summed E-state index contributed by atoms with van der Waals surface area (Å²) in [6, 6.07) is 22.7. The first-order valence-corrected chi connectivity index (χ1v) is 9.39. The van der Waals surface area contributed by atoms with Gasteiger partial charge in [0.2, 0.25) is 0 Å². The fourth-order valence-electron chi connectivity index (χ4n) is 3.44. The molecule has 0 unspecified atom stereocenters. The zero-order chi connectivity index (χ0) is 17.6. The predicted octanol–water partition coefficient (Wildman–Crippen LogP) is 5.22. The summed E-state index contributed by atoms with van der Waals surface area (Å²) in [6.07, 6.45) is 0. The summed E-state index contributed by atoms with van der Waals surface area (Å²) in [5.74, 6) is 0. The van der Waals surface area contributed by atoms with Crippen molar-refractivity contribution in [2.75, 3.05) is 0 Å². The van der Waals surface area contributed by atoms with E-state index in [1.165, 1.54) is 6.07 Å². The summed E-state index contributed by atoms with van der Waals surface area (Å²) in [4.78, 5) is -0.0642. The van der Waals surface area contributed by atoms with Crippen LogP contribution < -0.4 is 0 Å². The Kier molecular flexibility index (Phi) is 3.60. The minimum Gasteiger partial charge on any atom is -0.282 e. The van der Waals surface area contributed by atoms with E-state index in [0.29, 0.717) is 5.56 Å². The summed E-state index contributed by atoms with van der Waals surface area (Å²) in [5.41, 5.74) is 2.34. The van der Waals surface area contributed by atoms with Crippen LogP contribution in [0.25, 0.3) is 32.7 Å². The topological polar surface area (TPSA) is 54.4 Å². The SMILES string of the molecule is Cc1ccc2ccccc2c1-c1c(S(=O)(=O)O)ccc2ccccc12. The van der Waals surface area contributed by atoms with Crippen molar-refractivity contribution in [3.63, 3.8) is 0 Å². The van der Waals surface area contributed by atoms with Gasteiger partial charge in [-0.3, -0.25) is 4.55 Å². The van der Waals surface area contributed by atoms with Crippen LogP contribution >= 0.6 is 0 Å². The standard InChI is InChI=1S/C21H16O3S/c1-14-10-11-15-6-2-4-8-17(15)20(14)21-18-9-5-3-7-16(18)12-13-19(21)25(22,23)24/h2-13H,1H3,(H,22,23,24). The smallest absolute Gasteiger partial charge is 0.282 e. The van der Waals surface area contributed by atoms with Crippen LogP contribution in [0.2, 0.25) is 0 Å². The molecule has 0 fully saturated rings. The molecular formula is C21H16O3S. The van der Waals surface area contributed by atoms with Crippen molar-refractivity contribution < 1.29 is 13.0 Å². The van der Waals surface area contributed by atoms with Crippen LogP contribution in [-0.2, 0) is 10.1 Å². The molecule has 3 nitrogen and oxygen atoms in total. The number of aryl methyl sites for hydroxylation is 1. The van der Waals surface area contributed by atoms with Gasteiger partial charge in [0.05, 0.1) is 0 Å². The van der Waals surface area contributed by atoms with Crippen LogP contribution in [-0.4, -0.2) is 13.0 Å². The van der Waals surface area contributed by atoms with Gasteiger partial charge in [-0.25, -0.2) is 0 Å². The normalized spacial score (nSPS) is 11.9. The van der Waals surface area contributed by atoms with Crippen LogP contribution in [0.4, 0.5) is 0 Å². The Morgan fingerprint density at radius 3 is 1.80 bits per heavy atom. The maximum Gasteiger partial charge on any atom is 0.295 e. The first-order chi connectivity index (χ1) is 12.0. The molecule has 0 saturated heterocycles. The van der Waals surface area contributed by atoms with Crippen molar-refractivity contribution in [1.82, 2.24) is 0 Å². The lowest BCUT2D eigenvalue weighted by Crippen LogP contribution is -2.02. The van der Waals surface area contributed by atoms with Crippen molar-refractivity contribution in [1.29, 1.82) is 0 Å². The second-order valence-corrected chi connectivity index (χ2v) is 7.50. The highest BCUT2D eigenvalue weighted by Gasteiger charge is 2.21. The van der Waals surface area contributed by atoms with Gasteiger partial charge in [-0.2, -0.15) is 8.42 Å². The van der Waals surface area contributed by atoms with E-state index in [0.717, 1.165) is 32.7 Å². The molecule has 0 aliphatic carbocycles. The van der Waals surface area contributed by atoms with E-state index in [-0.39, 0.29) is 4.90 Å². The molecule has 4 aromatic carbocycles. The first-order valence-electron chi connectivity index (χ1n) is 7.95. The van der Waals surface area contributed by atoms with Crippen LogP contribution in [0.15, 0.2) is 77.7 Å². The third-order valence-electron chi connectivity index (χ3n) is 4.56. The lowest BCUT2D eigenvalue weighted by molar-refractivity contribution is 0.483. The van der Waals surface area contributed by atoms with Crippen molar-refractivity contribution in [2.24, 2.45) is 0 Å². The van der Waals surface area contributed by atoms with Gasteiger partial charge in [-0.15, -0.1) is 0 Å². The van der Waals surface area contributed by atoms with E-state index in [4.69, 9.17) is 0 Å². The maximum atomic E-state index is 12.1. The van der Waals surface area contributed by atoms with Crippen molar-refractivity contribution in [3.8, 4) is 11.1 Å². The second kappa shape index (κ2) is 5.69. The Morgan fingerprint density at radius 1 is 0.680 bits per heavy atom. The molecule has 25 heavy (non-hydrogen) atoms. The summed E-state index contributed by atoms with van der Waals surface area (Å²) >= 11 is 0. The molecule has 0 aliphatic heterocycles. The highest BCUT2D eigenvalue weighted by Crippen LogP contribution is 2.40. The summed E-state index contributed by atoms with van der Waals surface area (Å²) < 4.78 is 34.0. The fraction of sp³-hybridized carbons (Fsp3) is 0.0476. The third-order valence-corrected chi connectivity index (χ3v) is 5.45. The molecule has 4 rings (SSSR count). The number of fused-ring (bicyclic) bond motifs is 2. The lowest BCUT2D eigenvalue weighted by Gasteiger charge is -2.16. The van der Waals surface area contributed by atoms with Gasteiger partial charge in [0.25, 0.3) is 10.1 Å². The molecule has 4 heteroatoms. The number of rotatable bonds is 2. The Hall–Kier alpha value is -2.69.